The number of anilines is 1. The Morgan fingerprint density at radius 2 is 1.85 bits per heavy atom. The SMILES string of the molecule is CCCc1ccccc1NC(=O)NC(=O)CCC(=O)O. The van der Waals surface area contributed by atoms with Gasteiger partial charge in [-0.15, -0.1) is 0 Å². The third kappa shape index (κ3) is 5.51. The number of amides is 3. The first-order valence-corrected chi connectivity index (χ1v) is 6.43. The van der Waals surface area contributed by atoms with E-state index < -0.39 is 17.9 Å². The van der Waals surface area contributed by atoms with E-state index >= 15 is 0 Å². The highest BCUT2D eigenvalue weighted by Gasteiger charge is 2.11. The summed E-state index contributed by atoms with van der Waals surface area (Å²) in [4.78, 5) is 33.3. The van der Waals surface area contributed by atoms with Gasteiger partial charge in [0.25, 0.3) is 0 Å². The maximum atomic E-state index is 11.6. The molecule has 6 heteroatoms. The largest absolute Gasteiger partial charge is 0.481 e. The van der Waals surface area contributed by atoms with Crippen LogP contribution in [0.4, 0.5) is 10.5 Å². The summed E-state index contributed by atoms with van der Waals surface area (Å²) < 4.78 is 0. The predicted molar refractivity (Wildman–Crippen MR) is 74.5 cm³/mol. The molecule has 0 atom stereocenters. The van der Waals surface area contributed by atoms with E-state index in [0.29, 0.717) is 5.69 Å². The van der Waals surface area contributed by atoms with Gasteiger partial charge in [-0.1, -0.05) is 31.5 Å². The van der Waals surface area contributed by atoms with E-state index in [1.165, 1.54) is 0 Å². The van der Waals surface area contributed by atoms with Gasteiger partial charge in [0.15, 0.2) is 0 Å². The number of benzene rings is 1. The number of imide groups is 1. The monoisotopic (exact) mass is 278 g/mol. The smallest absolute Gasteiger partial charge is 0.325 e. The highest BCUT2D eigenvalue weighted by atomic mass is 16.4. The van der Waals surface area contributed by atoms with Crippen molar-refractivity contribution in [2.24, 2.45) is 0 Å². The highest BCUT2D eigenvalue weighted by molar-refractivity contribution is 6.01. The number of urea groups is 1. The molecule has 0 heterocycles. The number of carbonyl (C=O) groups excluding carboxylic acids is 2. The summed E-state index contributed by atoms with van der Waals surface area (Å²) in [5.74, 6) is -1.69. The van der Waals surface area contributed by atoms with E-state index in [0.717, 1.165) is 18.4 Å². The Morgan fingerprint density at radius 1 is 1.15 bits per heavy atom. The molecule has 0 bridgehead atoms. The molecule has 0 aromatic heterocycles. The summed E-state index contributed by atoms with van der Waals surface area (Å²) in [5, 5.41) is 13.1. The first-order chi connectivity index (χ1) is 9.52. The molecule has 0 unspecified atom stereocenters. The van der Waals surface area contributed by atoms with Gasteiger partial charge in [-0.3, -0.25) is 14.9 Å². The second kappa shape index (κ2) is 7.93. The molecule has 1 rings (SSSR count). The zero-order chi connectivity index (χ0) is 15.0. The number of hydrogen-bond donors (Lipinski definition) is 3. The molecule has 3 N–H and O–H groups in total. The Bertz CT molecular complexity index is 500. The van der Waals surface area contributed by atoms with Crippen molar-refractivity contribution in [1.82, 2.24) is 5.32 Å². The van der Waals surface area contributed by atoms with E-state index in [9.17, 15) is 14.4 Å². The van der Waals surface area contributed by atoms with Crippen molar-refractivity contribution in [2.45, 2.75) is 32.6 Å². The van der Waals surface area contributed by atoms with Gasteiger partial charge in [-0.2, -0.15) is 0 Å². The van der Waals surface area contributed by atoms with Gasteiger partial charge in [0.1, 0.15) is 0 Å². The minimum Gasteiger partial charge on any atom is -0.481 e. The molecule has 1 aromatic carbocycles. The third-order valence-corrected chi connectivity index (χ3v) is 2.60. The number of aliphatic carboxylic acids is 1. The van der Waals surface area contributed by atoms with Crippen LogP contribution in [0.5, 0.6) is 0 Å². The van der Waals surface area contributed by atoms with Gasteiger partial charge < -0.3 is 10.4 Å². The second-order valence-corrected chi connectivity index (χ2v) is 4.30. The molecular formula is C14H18N2O4. The van der Waals surface area contributed by atoms with E-state index in [1.807, 2.05) is 19.1 Å². The Labute approximate surface area is 117 Å². The molecule has 108 valence electrons. The van der Waals surface area contributed by atoms with Crippen LogP contribution in [0.25, 0.3) is 0 Å². The van der Waals surface area contributed by atoms with Gasteiger partial charge in [0.05, 0.1) is 6.42 Å². The van der Waals surface area contributed by atoms with Gasteiger partial charge in [-0.05, 0) is 18.1 Å². The van der Waals surface area contributed by atoms with Crippen molar-refractivity contribution in [3.63, 3.8) is 0 Å². The number of carbonyl (C=O) groups is 3. The zero-order valence-electron chi connectivity index (χ0n) is 11.3. The summed E-state index contributed by atoms with van der Waals surface area (Å²) in [5.41, 5.74) is 1.64. The second-order valence-electron chi connectivity index (χ2n) is 4.30. The van der Waals surface area contributed by atoms with Gasteiger partial charge in [0, 0.05) is 12.1 Å². The Balaban J connectivity index is 2.54. The molecular weight excluding hydrogens is 260 g/mol. The molecule has 0 saturated carbocycles. The number of rotatable bonds is 6. The molecule has 0 aliphatic rings. The van der Waals surface area contributed by atoms with Crippen molar-refractivity contribution >= 4 is 23.6 Å². The van der Waals surface area contributed by atoms with Gasteiger partial charge >= 0.3 is 12.0 Å². The fraction of sp³-hybridized carbons (Fsp3) is 0.357. The van der Waals surface area contributed by atoms with Crippen molar-refractivity contribution < 1.29 is 19.5 Å². The van der Waals surface area contributed by atoms with Crippen molar-refractivity contribution in [1.29, 1.82) is 0 Å². The maximum absolute atomic E-state index is 11.6. The number of carboxylic acids is 1. The van der Waals surface area contributed by atoms with Crippen LogP contribution in [-0.2, 0) is 16.0 Å². The molecule has 0 aliphatic carbocycles. The first-order valence-electron chi connectivity index (χ1n) is 6.43. The van der Waals surface area contributed by atoms with Crippen LogP contribution in [0, 0.1) is 0 Å². The lowest BCUT2D eigenvalue weighted by molar-refractivity contribution is -0.138. The Kier molecular flexibility index (Phi) is 6.22. The van der Waals surface area contributed by atoms with Crippen molar-refractivity contribution in [3.05, 3.63) is 29.8 Å². The molecule has 0 aliphatic heterocycles. The Hall–Kier alpha value is -2.37. The van der Waals surface area contributed by atoms with E-state index in [2.05, 4.69) is 10.6 Å². The standard InChI is InChI=1S/C14H18N2O4/c1-2-5-10-6-3-4-7-11(10)15-14(20)16-12(17)8-9-13(18)19/h3-4,6-7H,2,5,8-9H2,1H3,(H,18,19)(H2,15,16,17,20). The van der Waals surface area contributed by atoms with Gasteiger partial charge in [0.2, 0.25) is 5.91 Å². The van der Waals surface area contributed by atoms with Crippen molar-refractivity contribution in [2.75, 3.05) is 5.32 Å². The lowest BCUT2D eigenvalue weighted by Gasteiger charge is -2.10. The topological polar surface area (TPSA) is 95.5 Å². The number of carboxylic acid groups (broad SMARTS) is 1. The van der Waals surface area contributed by atoms with E-state index in [-0.39, 0.29) is 12.8 Å². The van der Waals surface area contributed by atoms with Crippen LogP contribution in [0.3, 0.4) is 0 Å². The van der Waals surface area contributed by atoms with Gasteiger partial charge in [-0.25, -0.2) is 4.79 Å². The lowest BCUT2D eigenvalue weighted by Crippen LogP contribution is -2.34. The molecule has 0 fully saturated rings. The molecule has 20 heavy (non-hydrogen) atoms. The molecule has 0 radical (unpaired) electrons. The molecule has 6 nitrogen and oxygen atoms in total. The summed E-state index contributed by atoms with van der Waals surface area (Å²) in [6, 6.07) is 6.69. The predicted octanol–water partition coefficient (Wildman–Crippen LogP) is 2.15. The average molecular weight is 278 g/mol. The normalized spacial score (nSPS) is 9.85. The number of hydrogen-bond acceptors (Lipinski definition) is 3. The minimum absolute atomic E-state index is 0.223. The quantitative estimate of drug-likeness (QED) is 0.743. The van der Waals surface area contributed by atoms with Crippen molar-refractivity contribution in [3.8, 4) is 0 Å². The lowest BCUT2D eigenvalue weighted by atomic mass is 10.1. The highest BCUT2D eigenvalue weighted by Crippen LogP contribution is 2.16. The maximum Gasteiger partial charge on any atom is 0.325 e. The minimum atomic E-state index is -1.08. The summed E-state index contributed by atoms with van der Waals surface area (Å²) in [6.07, 6.45) is 1.24. The van der Waals surface area contributed by atoms with Crippen LogP contribution in [-0.4, -0.2) is 23.0 Å². The summed E-state index contributed by atoms with van der Waals surface area (Å²) >= 11 is 0. The molecule has 3 amide bonds. The zero-order valence-corrected chi connectivity index (χ0v) is 11.3. The number of aryl methyl sites for hydroxylation is 1. The van der Waals surface area contributed by atoms with Crippen LogP contribution < -0.4 is 10.6 Å². The van der Waals surface area contributed by atoms with E-state index in [4.69, 9.17) is 5.11 Å². The summed E-state index contributed by atoms with van der Waals surface area (Å²) in [6.45, 7) is 2.03. The number of para-hydroxylation sites is 1. The average Bonchev–Trinajstić information content (AvgIpc) is 2.39. The van der Waals surface area contributed by atoms with Crippen LogP contribution >= 0.6 is 0 Å². The third-order valence-electron chi connectivity index (χ3n) is 2.60. The number of nitrogens with one attached hydrogen (secondary N) is 2. The van der Waals surface area contributed by atoms with Crippen LogP contribution in [0.2, 0.25) is 0 Å². The fourth-order valence-electron chi connectivity index (χ4n) is 1.69. The fourth-order valence-corrected chi connectivity index (χ4v) is 1.69. The summed E-state index contributed by atoms with van der Waals surface area (Å²) in [7, 11) is 0. The molecule has 1 aromatic rings. The first kappa shape index (κ1) is 15.7. The van der Waals surface area contributed by atoms with Crippen LogP contribution in [0.15, 0.2) is 24.3 Å². The molecule has 0 spiro atoms. The Morgan fingerprint density at radius 3 is 2.50 bits per heavy atom. The van der Waals surface area contributed by atoms with Crippen LogP contribution in [0.1, 0.15) is 31.7 Å². The van der Waals surface area contributed by atoms with E-state index in [1.54, 1.807) is 12.1 Å². The molecule has 0 saturated heterocycles.